The van der Waals surface area contributed by atoms with Crippen molar-refractivity contribution in [2.45, 2.75) is 19.3 Å². The first-order valence-electron chi connectivity index (χ1n) is 5.74. The highest BCUT2D eigenvalue weighted by Gasteiger charge is 2.18. The normalized spacial score (nSPS) is 17.4. The van der Waals surface area contributed by atoms with E-state index in [1.165, 1.54) is 5.69 Å². The van der Waals surface area contributed by atoms with Gasteiger partial charge in [0.05, 0.1) is 0 Å². The van der Waals surface area contributed by atoms with Crippen molar-refractivity contribution in [3.63, 3.8) is 0 Å². The number of hydrogen-bond donors (Lipinski definition) is 0. The molecule has 16 heavy (non-hydrogen) atoms. The molecule has 1 aromatic rings. The van der Waals surface area contributed by atoms with Crippen LogP contribution in [0.3, 0.4) is 0 Å². The van der Waals surface area contributed by atoms with E-state index in [0.717, 1.165) is 37.2 Å². The number of carbonyl (C=O) groups is 1. The van der Waals surface area contributed by atoms with Crippen molar-refractivity contribution in [1.82, 2.24) is 0 Å². The standard InChI is InChI=1S/C13H16ClNO/c14-12-1-3-13(4-2-12)15-8-5-11(6-9-15)7-10-16/h1-4,10-11H,5-9H2. The monoisotopic (exact) mass is 237 g/mol. The molecule has 2 rings (SSSR count). The van der Waals surface area contributed by atoms with Gasteiger partial charge in [0.2, 0.25) is 0 Å². The molecule has 0 unspecified atom stereocenters. The Morgan fingerprint density at radius 3 is 2.44 bits per heavy atom. The molecule has 3 heteroatoms. The lowest BCUT2D eigenvalue weighted by atomic mass is 9.94. The fraction of sp³-hybridized carbons (Fsp3) is 0.462. The van der Waals surface area contributed by atoms with Gasteiger partial charge in [-0.05, 0) is 43.0 Å². The van der Waals surface area contributed by atoms with E-state index in [-0.39, 0.29) is 0 Å². The summed E-state index contributed by atoms with van der Waals surface area (Å²) in [4.78, 5) is 12.8. The Kier molecular flexibility index (Phi) is 3.83. The van der Waals surface area contributed by atoms with Gasteiger partial charge in [0, 0.05) is 30.2 Å². The van der Waals surface area contributed by atoms with Gasteiger partial charge in [-0.2, -0.15) is 0 Å². The fourth-order valence-electron chi connectivity index (χ4n) is 2.21. The Bertz CT molecular complexity index is 341. The zero-order valence-corrected chi connectivity index (χ0v) is 9.99. The molecule has 0 saturated carbocycles. The van der Waals surface area contributed by atoms with Gasteiger partial charge in [-0.3, -0.25) is 0 Å². The molecule has 0 spiro atoms. The van der Waals surface area contributed by atoms with Crippen molar-refractivity contribution in [1.29, 1.82) is 0 Å². The van der Waals surface area contributed by atoms with Crippen LogP contribution in [0.1, 0.15) is 19.3 Å². The Morgan fingerprint density at radius 2 is 1.88 bits per heavy atom. The number of aldehydes is 1. The summed E-state index contributed by atoms with van der Waals surface area (Å²) in [6.45, 7) is 2.08. The SMILES string of the molecule is O=CCC1CCN(c2ccc(Cl)cc2)CC1. The first kappa shape index (κ1) is 11.5. The van der Waals surface area contributed by atoms with E-state index in [1.807, 2.05) is 12.1 Å². The molecule has 1 aromatic carbocycles. The average Bonchev–Trinajstić information content (AvgIpc) is 2.32. The van der Waals surface area contributed by atoms with E-state index in [2.05, 4.69) is 17.0 Å². The van der Waals surface area contributed by atoms with E-state index in [1.54, 1.807) is 0 Å². The zero-order valence-electron chi connectivity index (χ0n) is 9.23. The highest BCUT2D eigenvalue weighted by Crippen LogP contribution is 2.25. The van der Waals surface area contributed by atoms with Crippen LogP contribution < -0.4 is 4.90 Å². The second kappa shape index (κ2) is 5.35. The summed E-state index contributed by atoms with van der Waals surface area (Å²) in [5.74, 6) is 0.584. The molecule has 0 N–H and O–H groups in total. The van der Waals surface area contributed by atoms with Crippen LogP contribution in [0.4, 0.5) is 5.69 Å². The summed E-state index contributed by atoms with van der Waals surface area (Å²) in [7, 11) is 0. The molecule has 2 nitrogen and oxygen atoms in total. The maximum absolute atomic E-state index is 10.4. The number of anilines is 1. The minimum Gasteiger partial charge on any atom is -0.372 e. The Balaban J connectivity index is 1.93. The van der Waals surface area contributed by atoms with Gasteiger partial charge < -0.3 is 9.69 Å². The summed E-state index contributed by atoms with van der Waals surface area (Å²) in [5.41, 5.74) is 1.23. The molecule has 86 valence electrons. The van der Waals surface area contributed by atoms with Gasteiger partial charge in [-0.25, -0.2) is 0 Å². The largest absolute Gasteiger partial charge is 0.372 e. The highest BCUT2D eigenvalue weighted by atomic mass is 35.5. The molecule has 0 aromatic heterocycles. The fourth-order valence-corrected chi connectivity index (χ4v) is 2.34. The molecule has 1 aliphatic heterocycles. The first-order chi connectivity index (χ1) is 7.79. The van der Waals surface area contributed by atoms with E-state index in [9.17, 15) is 4.79 Å². The molecule has 0 atom stereocenters. The third kappa shape index (κ3) is 2.76. The van der Waals surface area contributed by atoms with Crippen molar-refractivity contribution >= 4 is 23.6 Å². The Labute approximate surface area is 101 Å². The minimum atomic E-state index is 0.584. The third-order valence-corrected chi connectivity index (χ3v) is 3.49. The van der Waals surface area contributed by atoms with Gasteiger partial charge >= 0.3 is 0 Å². The molecule has 1 saturated heterocycles. The molecule has 1 heterocycles. The van der Waals surface area contributed by atoms with Crippen LogP contribution in [0.2, 0.25) is 5.02 Å². The van der Waals surface area contributed by atoms with Gasteiger partial charge in [0.15, 0.2) is 0 Å². The molecule has 1 fully saturated rings. The van der Waals surface area contributed by atoms with Crippen LogP contribution in [0, 0.1) is 5.92 Å². The van der Waals surface area contributed by atoms with Crippen LogP contribution in [-0.4, -0.2) is 19.4 Å². The summed E-state index contributed by atoms with van der Waals surface area (Å²) in [6, 6.07) is 7.97. The lowest BCUT2D eigenvalue weighted by Gasteiger charge is -2.33. The van der Waals surface area contributed by atoms with E-state index in [4.69, 9.17) is 11.6 Å². The molecule has 0 bridgehead atoms. The molecule has 0 aliphatic carbocycles. The molecule has 0 radical (unpaired) electrons. The lowest BCUT2D eigenvalue weighted by Crippen LogP contribution is -2.33. The number of nitrogens with zero attached hydrogens (tertiary/aromatic N) is 1. The smallest absolute Gasteiger partial charge is 0.120 e. The zero-order chi connectivity index (χ0) is 11.4. The Hall–Kier alpha value is -1.02. The minimum absolute atomic E-state index is 0.584. The number of rotatable bonds is 3. The van der Waals surface area contributed by atoms with Crippen LogP contribution in [0.15, 0.2) is 24.3 Å². The Morgan fingerprint density at radius 1 is 1.25 bits per heavy atom. The van der Waals surface area contributed by atoms with Gasteiger partial charge in [0.1, 0.15) is 6.29 Å². The van der Waals surface area contributed by atoms with Crippen LogP contribution in [-0.2, 0) is 4.79 Å². The summed E-state index contributed by atoms with van der Waals surface area (Å²) < 4.78 is 0. The average molecular weight is 238 g/mol. The first-order valence-corrected chi connectivity index (χ1v) is 6.11. The van der Waals surface area contributed by atoms with Crippen molar-refractivity contribution < 1.29 is 4.79 Å². The van der Waals surface area contributed by atoms with Gasteiger partial charge in [0.25, 0.3) is 0 Å². The maximum atomic E-state index is 10.4. The van der Waals surface area contributed by atoms with Crippen molar-refractivity contribution in [3.8, 4) is 0 Å². The summed E-state index contributed by atoms with van der Waals surface area (Å²) in [6.07, 6.45) is 3.99. The maximum Gasteiger partial charge on any atom is 0.120 e. The van der Waals surface area contributed by atoms with Crippen molar-refractivity contribution in [3.05, 3.63) is 29.3 Å². The highest BCUT2D eigenvalue weighted by molar-refractivity contribution is 6.30. The molecular weight excluding hydrogens is 222 g/mol. The van der Waals surface area contributed by atoms with Gasteiger partial charge in [-0.15, -0.1) is 0 Å². The van der Waals surface area contributed by atoms with Crippen molar-refractivity contribution in [2.24, 2.45) is 5.92 Å². The second-order valence-corrected chi connectivity index (χ2v) is 4.75. The predicted molar refractivity (Wildman–Crippen MR) is 67.1 cm³/mol. The van der Waals surface area contributed by atoms with Crippen LogP contribution in [0.25, 0.3) is 0 Å². The number of carbonyl (C=O) groups excluding carboxylic acids is 1. The predicted octanol–water partition coefficient (Wildman–Crippen LogP) is 3.15. The quantitative estimate of drug-likeness (QED) is 0.753. The number of hydrogen-bond acceptors (Lipinski definition) is 2. The third-order valence-electron chi connectivity index (χ3n) is 3.24. The second-order valence-electron chi connectivity index (χ2n) is 4.31. The van der Waals surface area contributed by atoms with E-state index < -0.39 is 0 Å². The summed E-state index contributed by atoms with van der Waals surface area (Å²) >= 11 is 5.86. The van der Waals surface area contributed by atoms with Gasteiger partial charge in [-0.1, -0.05) is 11.6 Å². The summed E-state index contributed by atoms with van der Waals surface area (Å²) in [5, 5.41) is 0.777. The van der Waals surface area contributed by atoms with Crippen LogP contribution >= 0.6 is 11.6 Å². The number of halogens is 1. The van der Waals surface area contributed by atoms with Crippen LogP contribution in [0.5, 0.6) is 0 Å². The lowest BCUT2D eigenvalue weighted by molar-refractivity contribution is -0.108. The topological polar surface area (TPSA) is 20.3 Å². The van der Waals surface area contributed by atoms with Crippen molar-refractivity contribution in [2.75, 3.05) is 18.0 Å². The molecule has 1 aliphatic rings. The molecule has 0 amide bonds. The number of benzene rings is 1. The van der Waals surface area contributed by atoms with E-state index in [0.29, 0.717) is 12.3 Å². The molecular formula is C13H16ClNO. The van der Waals surface area contributed by atoms with E-state index >= 15 is 0 Å². The number of piperidine rings is 1.